The van der Waals surface area contributed by atoms with Crippen molar-refractivity contribution in [1.82, 2.24) is 4.90 Å². The number of morpholine rings is 1. The molecule has 1 saturated heterocycles. The molecule has 1 unspecified atom stereocenters. The SMILES string of the molecule is CN1CCOC(CSc2cc(N)ccc2Cl)C1. The van der Waals surface area contributed by atoms with Gasteiger partial charge in [-0.2, -0.15) is 0 Å². The summed E-state index contributed by atoms with van der Waals surface area (Å²) in [7, 11) is 2.12. The molecule has 2 rings (SSSR count). The summed E-state index contributed by atoms with van der Waals surface area (Å²) in [5.41, 5.74) is 6.50. The fourth-order valence-corrected chi connectivity index (χ4v) is 3.05. The summed E-state index contributed by atoms with van der Waals surface area (Å²) in [6, 6.07) is 5.57. The van der Waals surface area contributed by atoms with Gasteiger partial charge in [0.25, 0.3) is 0 Å². The zero-order valence-electron chi connectivity index (χ0n) is 9.86. The number of ether oxygens (including phenoxy) is 1. The molecule has 1 aromatic rings. The normalized spacial score (nSPS) is 21.6. The average molecular weight is 273 g/mol. The summed E-state index contributed by atoms with van der Waals surface area (Å²) in [5.74, 6) is 0.910. The van der Waals surface area contributed by atoms with E-state index in [-0.39, 0.29) is 6.10 Å². The number of nitrogen functional groups attached to an aromatic ring is 1. The van der Waals surface area contributed by atoms with Crippen LogP contribution in [0.3, 0.4) is 0 Å². The van der Waals surface area contributed by atoms with E-state index in [0.29, 0.717) is 0 Å². The third kappa shape index (κ3) is 3.78. The fraction of sp³-hybridized carbons (Fsp3) is 0.500. The number of thioether (sulfide) groups is 1. The van der Waals surface area contributed by atoms with Crippen molar-refractivity contribution in [3.05, 3.63) is 23.2 Å². The van der Waals surface area contributed by atoms with Crippen molar-refractivity contribution in [1.29, 1.82) is 0 Å². The van der Waals surface area contributed by atoms with Gasteiger partial charge in [-0.15, -0.1) is 11.8 Å². The third-order valence-electron chi connectivity index (χ3n) is 2.72. The van der Waals surface area contributed by atoms with E-state index in [1.807, 2.05) is 18.2 Å². The number of nitrogens with two attached hydrogens (primary N) is 1. The van der Waals surface area contributed by atoms with Crippen LogP contribution >= 0.6 is 23.4 Å². The molecule has 1 aliphatic rings. The maximum atomic E-state index is 6.11. The van der Waals surface area contributed by atoms with Crippen molar-refractivity contribution in [2.45, 2.75) is 11.0 Å². The topological polar surface area (TPSA) is 38.5 Å². The summed E-state index contributed by atoms with van der Waals surface area (Å²) in [6.45, 7) is 2.81. The Kier molecular flexibility index (Phi) is 4.56. The molecule has 1 atom stereocenters. The molecule has 17 heavy (non-hydrogen) atoms. The van der Waals surface area contributed by atoms with Crippen LogP contribution in [0.1, 0.15) is 0 Å². The Morgan fingerprint density at radius 1 is 1.59 bits per heavy atom. The monoisotopic (exact) mass is 272 g/mol. The maximum absolute atomic E-state index is 6.11. The van der Waals surface area contributed by atoms with E-state index in [4.69, 9.17) is 22.1 Å². The Bertz CT molecular complexity index is 389. The summed E-state index contributed by atoms with van der Waals surface area (Å²) in [5, 5.41) is 0.758. The van der Waals surface area contributed by atoms with Gasteiger partial charge in [0.15, 0.2) is 0 Å². The Labute approximate surface area is 111 Å². The van der Waals surface area contributed by atoms with E-state index in [1.54, 1.807) is 11.8 Å². The molecule has 0 saturated carbocycles. The molecule has 0 radical (unpaired) electrons. The minimum atomic E-state index is 0.274. The fourth-order valence-electron chi connectivity index (χ4n) is 1.78. The largest absolute Gasteiger partial charge is 0.399 e. The van der Waals surface area contributed by atoms with E-state index in [1.165, 1.54) is 0 Å². The lowest BCUT2D eigenvalue weighted by Gasteiger charge is -2.29. The summed E-state index contributed by atoms with van der Waals surface area (Å²) in [4.78, 5) is 3.32. The highest BCUT2D eigenvalue weighted by molar-refractivity contribution is 7.99. The quantitative estimate of drug-likeness (QED) is 0.677. The third-order valence-corrected chi connectivity index (χ3v) is 4.35. The number of hydrogen-bond donors (Lipinski definition) is 1. The minimum absolute atomic E-state index is 0.274. The number of hydrogen-bond acceptors (Lipinski definition) is 4. The van der Waals surface area contributed by atoms with Crippen LogP contribution in [-0.2, 0) is 4.74 Å². The number of nitrogens with zero attached hydrogens (tertiary/aromatic N) is 1. The van der Waals surface area contributed by atoms with E-state index < -0.39 is 0 Å². The van der Waals surface area contributed by atoms with Crippen molar-refractivity contribution >= 4 is 29.1 Å². The van der Waals surface area contributed by atoms with E-state index in [0.717, 1.165) is 41.1 Å². The predicted octanol–water partition coefficient (Wildman–Crippen LogP) is 2.34. The van der Waals surface area contributed by atoms with Crippen LogP contribution in [0.2, 0.25) is 5.02 Å². The van der Waals surface area contributed by atoms with Crippen molar-refractivity contribution in [3.8, 4) is 0 Å². The van der Waals surface area contributed by atoms with Crippen molar-refractivity contribution in [2.75, 3.05) is 38.2 Å². The van der Waals surface area contributed by atoms with Crippen LogP contribution in [-0.4, -0.2) is 43.5 Å². The Morgan fingerprint density at radius 3 is 3.18 bits per heavy atom. The lowest BCUT2D eigenvalue weighted by molar-refractivity contribution is -0.00598. The van der Waals surface area contributed by atoms with Crippen molar-refractivity contribution < 1.29 is 4.74 Å². The van der Waals surface area contributed by atoms with Crippen LogP contribution in [0.15, 0.2) is 23.1 Å². The number of halogens is 1. The van der Waals surface area contributed by atoms with Crippen LogP contribution in [0.25, 0.3) is 0 Å². The standard InChI is InChI=1S/C12H17ClN2OS/c1-15-4-5-16-10(7-15)8-17-12-6-9(14)2-3-11(12)13/h2-3,6,10H,4-5,7-8,14H2,1H3. The summed E-state index contributed by atoms with van der Waals surface area (Å²) in [6.07, 6.45) is 0.274. The second-order valence-corrected chi connectivity index (χ2v) is 5.72. The predicted molar refractivity (Wildman–Crippen MR) is 73.8 cm³/mol. The molecule has 2 N–H and O–H groups in total. The molecule has 0 bridgehead atoms. The molecule has 0 spiro atoms. The molecule has 1 heterocycles. The zero-order valence-corrected chi connectivity index (χ0v) is 11.4. The second-order valence-electron chi connectivity index (χ2n) is 4.26. The Morgan fingerprint density at radius 2 is 2.41 bits per heavy atom. The highest BCUT2D eigenvalue weighted by atomic mass is 35.5. The first-order valence-electron chi connectivity index (χ1n) is 5.63. The van der Waals surface area contributed by atoms with Gasteiger partial charge < -0.3 is 15.4 Å². The first kappa shape index (κ1) is 13.0. The van der Waals surface area contributed by atoms with Gasteiger partial charge >= 0.3 is 0 Å². The zero-order chi connectivity index (χ0) is 12.3. The van der Waals surface area contributed by atoms with Crippen LogP contribution in [0.5, 0.6) is 0 Å². The van der Waals surface area contributed by atoms with Gasteiger partial charge in [0.2, 0.25) is 0 Å². The van der Waals surface area contributed by atoms with Gasteiger partial charge in [-0.25, -0.2) is 0 Å². The second kappa shape index (κ2) is 5.96. The molecular formula is C12H17ClN2OS. The van der Waals surface area contributed by atoms with Crippen LogP contribution in [0, 0.1) is 0 Å². The number of rotatable bonds is 3. The van der Waals surface area contributed by atoms with Crippen molar-refractivity contribution in [3.63, 3.8) is 0 Å². The number of likely N-dealkylation sites (N-methyl/N-ethyl adjacent to an activating group) is 1. The van der Waals surface area contributed by atoms with Gasteiger partial charge in [0, 0.05) is 29.4 Å². The lowest BCUT2D eigenvalue weighted by atomic mass is 10.3. The van der Waals surface area contributed by atoms with E-state index in [9.17, 15) is 0 Å². The number of anilines is 1. The van der Waals surface area contributed by atoms with Gasteiger partial charge in [0.1, 0.15) is 0 Å². The molecule has 0 aromatic heterocycles. The van der Waals surface area contributed by atoms with E-state index >= 15 is 0 Å². The molecule has 0 amide bonds. The highest BCUT2D eigenvalue weighted by Gasteiger charge is 2.18. The highest BCUT2D eigenvalue weighted by Crippen LogP contribution is 2.30. The van der Waals surface area contributed by atoms with Gasteiger partial charge in [-0.3, -0.25) is 0 Å². The van der Waals surface area contributed by atoms with Gasteiger partial charge in [-0.1, -0.05) is 11.6 Å². The Balaban J connectivity index is 1.90. The molecule has 1 aliphatic heterocycles. The molecule has 3 nitrogen and oxygen atoms in total. The van der Waals surface area contributed by atoms with Gasteiger partial charge in [0.05, 0.1) is 17.7 Å². The van der Waals surface area contributed by atoms with Crippen LogP contribution in [0.4, 0.5) is 5.69 Å². The molecule has 5 heteroatoms. The van der Waals surface area contributed by atoms with E-state index in [2.05, 4.69) is 11.9 Å². The molecule has 0 aliphatic carbocycles. The summed E-state index contributed by atoms with van der Waals surface area (Å²) >= 11 is 7.82. The smallest absolute Gasteiger partial charge is 0.0796 e. The minimum Gasteiger partial charge on any atom is -0.399 e. The Hall–Kier alpha value is -0.420. The van der Waals surface area contributed by atoms with Crippen LogP contribution < -0.4 is 5.73 Å². The average Bonchev–Trinajstić information content (AvgIpc) is 2.30. The first-order chi connectivity index (χ1) is 8.15. The van der Waals surface area contributed by atoms with Crippen molar-refractivity contribution in [2.24, 2.45) is 0 Å². The molecule has 94 valence electrons. The van der Waals surface area contributed by atoms with Gasteiger partial charge in [-0.05, 0) is 25.2 Å². The lowest BCUT2D eigenvalue weighted by Crippen LogP contribution is -2.41. The molecule has 1 aromatic carbocycles. The first-order valence-corrected chi connectivity index (χ1v) is 6.99. The molecule has 1 fully saturated rings. The summed E-state index contributed by atoms with van der Waals surface area (Å²) < 4.78 is 5.70. The number of benzene rings is 1. The maximum Gasteiger partial charge on any atom is 0.0796 e. The molecular weight excluding hydrogens is 256 g/mol.